The molecular weight excluding hydrogens is 230 g/mol. The maximum Gasteiger partial charge on any atom is 0.325 e. The molecule has 2 rings (SSSR count). The summed E-state index contributed by atoms with van der Waals surface area (Å²) in [4.78, 5) is 16.0. The van der Waals surface area contributed by atoms with Crippen LogP contribution in [0.15, 0.2) is 0 Å². The molecule has 0 aromatic carbocycles. The van der Waals surface area contributed by atoms with Crippen LogP contribution in [0.5, 0.6) is 0 Å². The van der Waals surface area contributed by atoms with E-state index in [1.807, 2.05) is 0 Å². The zero-order chi connectivity index (χ0) is 13.3. The van der Waals surface area contributed by atoms with Gasteiger partial charge in [-0.25, -0.2) is 0 Å². The average Bonchev–Trinajstić information content (AvgIpc) is 3.09. The molecule has 1 aliphatic heterocycles. The third-order valence-corrected chi connectivity index (χ3v) is 4.35. The van der Waals surface area contributed by atoms with Gasteiger partial charge in [-0.05, 0) is 52.2 Å². The summed E-state index contributed by atoms with van der Waals surface area (Å²) in [5, 5.41) is 9.42. The molecule has 5 heteroatoms. The summed E-state index contributed by atoms with van der Waals surface area (Å²) < 4.78 is 0. The lowest BCUT2D eigenvalue weighted by molar-refractivity contribution is -0.145. The predicted octanol–water partition coefficient (Wildman–Crippen LogP) is 0.205. The lowest BCUT2D eigenvalue weighted by Gasteiger charge is -2.35. The molecule has 1 aliphatic carbocycles. The van der Waals surface area contributed by atoms with E-state index in [4.69, 9.17) is 5.73 Å². The number of carboxylic acids is 1. The molecule has 0 amide bonds. The standard InChI is InChI=1S/C13H25N3O2/c1-10-8-15(2)6-3-7-16(10)9-13(14,12(17)18)11-4-5-11/h10-11H,3-9,14H2,1-2H3,(H,17,18). The molecule has 2 unspecified atom stereocenters. The van der Waals surface area contributed by atoms with Crippen LogP contribution in [-0.4, -0.2) is 65.7 Å². The SMILES string of the molecule is CC1CN(C)CCCN1CC(N)(C(=O)O)C1CC1. The summed E-state index contributed by atoms with van der Waals surface area (Å²) in [6.07, 6.45) is 3.01. The minimum Gasteiger partial charge on any atom is -0.480 e. The van der Waals surface area contributed by atoms with E-state index >= 15 is 0 Å². The van der Waals surface area contributed by atoms with Gasteiger partial charge < -0.3 is 15.7 Å². The van der Waals surface area contributed by atoms with Gasteiger partial charge in [-0.1, -0.05) is 0 Å². The molecule has 2 aliphatic rings. The van der Waals surface area contributed by atoms with Gasteiger partial charge in [0.2, 0.25) is 0 Å². The van der Waals surface area contributed by atoms with Crippen LogP contribution in [-0.2, 0) is 4.79 Å². The van der Waals surface area contributed by atoms with Gasteiger partial charge in [0, 0.05) is 19.1 Å². The summed E-state index contributed by atoms with van der Waals surface area (Å²) in [5.41, 5.74) is 5.13. The molecular formula is C13H25N3O2. The Morgan fingerprint density at radius 2 is 2.11 bits per heavy atom. The second kappa shape index (κ2) is 5.15. The van der Waals surface area contributed by atoms with E-state index in [-0.39, 0.29) is 5.92 Å². The molecule has 0 spiro atoms. The van der Waals surface area contributed by atoms with Crippen LogP contribution in [0.25, 0.3) is 0 Å². The molecule has 0 aromatic rings. The van der Waals surface area contributed by atoms with Crippen LogP contribution < -0.4 is 5.73 Å². The molecule has 0 bridgehead atoms. The first kappa shape index (κ1) is 13.8. The number of aliphatic carboxylic acids is 1. The van der Waals surface area contributed by atoms with Crippen molar-refractivity contribution in [2.75, 3.05) is 33.2 Å². The molecule has 1 saturated heterocycles. The van der Waals surface area contributed by atoms with Gasteiger partial charge in [0.25, 0.3) is 0 Å². The summed E-state index contributed by atoms with van der Waals surface area (Å²) >= 11 is 0. The fourth-order valence-electron chi connectivity index (χ4n) is 2.96. The van der Waals surface area contributed by atoms with Crippen molar-refractivity contribution in [2.45, 2.75) is 37.8 Å². The van der Waals surface area contributed by atoms with Crippen molar-refractivity contribution in [2.24, 2.45) is 11.7 Å². The van der Waals surface area contributed by atoms with E-state index in [9.17, 15) is 9.90 Å². The second-order valence-electron chi connectivity index (χ2n) is 6.06. The fourth-order valence-corrected chi connectivity index (χ4v) is 2.96. The second-order valence-corrected chi connectivity index (χ2v) is 6.06. The average molecular weight is 255 g/mol. The summed E-state index contributed by atoms with van der Waals surface area (Å²) in [6, 6.07) is 0.374. The highest BCUT2D eigenvalue weighted by atomic mass is 16.4. The fraction of sp³-hybridized carbons (Fsp3) is 0.923. The molecule has 104 valence electrons. The Hall–Kier alpha value is -0.650. The van der Waals surface area contributed by atoms with Crippen molar-refractivity contribution in [3.63, 3.8) is 0 Å². The molecule has 0 aromatic heterocycles. The van der Waals surface area contributed by atoms with Crippen molar-refractivity contribution in [3.8, 4) is 0 Å². The van der Waals surface area contributed by atoms with E-state index in [2.05, 4.69) is 23.8 Å². The van der Waals surface area contributed by atoms with Crippen LogP contribution in [0.4, 0.5) is 0 Å². The first-order valence-corrected chi connectivity index (χ1v) is 6.88. The number of hydrogen-bond donors (Lipinski definition) is 2. The van der Waals surface area contributed by atoms with Gasteiger partial charge in [-0.2, -0.15) is 0 Å². The Balaban J connectivity index is 2.04. The van der Waals surface area contributed by atoms with E-state index in [1.165, 1.54) is 0 Å². The molecule has 2 atom stereocenters. The van der Waals surface area contributed by atoms with Gasteiger partial charge in [0.05, 0.1) is 0 Å². The molecule has 2 fully saturated rings. The number of nitrogens with zero attached hydrogens (tertiary/aromatic N) is 2. The van der Waals surface area contributed by atoms with Gasteiger partial charge in [0.1, 0.15) is 5.54 Å². The van der Waals surface area contributed by atoms with E-state index < -0.39 is 11.5 Å². The van der Waals surface area contributed by atoms with Crippen LogP contribution in [0.1, 0.15) is 26.2 Å². The monoisotopic (exact) mass is 255 g/mol. The molecule has 3 N–H and O–H groups in total. The molecule has 18 heavy (non-hydrogen) atoms. The van der Waals surface area contributed by atoms with Crippen LogP contribution in [0, 0.1) is 5.92 Å². The molecule has 1 heterocycles. The van der Waals surface area contributed by atoms with Gasteiger partial charge >= 0.3 is 5.97 Å². The van der Waals surface area contributed by atoms with Crippen LogP contribution >= 0.6 is 0 Å². The highest BCUT2D eigenvalue weighted by Gasteiger charge is 2.49. The smallest absolute Gasteiger partial charge is 0.325 e. The number of nitrogens with two attached hydrogens (primary N) is 1. The zero-order valence-corrected chi connectivity index (χ0v) is 11.4. The first-order valence-electron chi connectivity index (χ1n) is 6.88. The van der Waals surface area contributed by atoms with Crippen molar-refractivity contribution in [1.29, 1.82) is 0 Å². The number of carboxylic acid groups (broad SMARTS) is 1. The summed E-state index contributed by atoms with van der Waals surface area (Å²) in [7, 11) is 2.12. The minimum absolute atomic E-state index is 0.170. The maximum atomic E-state index is 11.5. The van der Waals surface area contributed by atoms with Gasteiger partial charge in [-0.15, -0.1) is 0 Å². The zero-order valence-electron chi connectivity index (χ0n) is 11.4. The first-order chi connectivity index (χ1) is 8.43. The number of carbonyl (C=O) groups is 1. The number of likely N-dealkylation sites (N-methyl/N-ethyl adjacent to an activating group) is 1. The third kappa shape index (κ3) is 2.84. The Bertz CT molecular complexity index is 319. The normalized spacial score (nSPS) is 30.7. The van der Waals surface area contributed by atoms with Crippen molar-refractivity contribution >= 4 is 5.97 Å². The van der Waals surface area contributed by atoms with E-state index in [0.717, 1.165) is 38.9 Å². The Morgan fingerprint density at radius 3 is 2.67 bits per heavy atom. The Labute approximate surface area is 109 Å². The minimum atomic E-state index is -1.04. The van der Waals surface area contributed by atoms with Crippen LogP contribution in [0.3, 0.4) is 0 Å². The molecule has 1 saturated carbocycles. The number of hydrogen-bond acceptors (Lipinski definition) is 4. The highest BCUT2D eigenvalue weighted by molar-refractivity contribution is 5.79. The molecule has 0 radical (unpaired) electrons. The summed E-state index contributed by atoms with van der Waals surface area (Å²) in [6.45, 7) is 5.67. The van der Waals surface area contributed by atoms with Crippen molar-refractivity contribution in [1.82, 2.24) is 9.80 Å². The lowest BCUT2D eigenvalue weighted by Crippen LogP contribution is -2.59. The van der Waals surface area contributed by atoms with Crippen molar-refractivity contribution < 1.29 is 9.90 Å². The van der Waals surface area contributed by atoms with Crippen LogP contribution in [0.2, 0.25) is 0 Å². The van der Waals surface area contributed by atoms with Gasteiger partial charge in [0.15, 0.2) is 0 Å². The summed E-state index contributed by atoms with van der Waals surface area (Å²) in [5.74, 6) is -0.669. The van der Waals surface area contributed by atoms with E-state index in [0.29, 0.717) is 12.6 Å². The lowest BCUT2D eigenvalue weighted by atomic mass is 9.93. The highest BCUT2D eigenvalue weighted by Crippen LogP contribution is 2.39. The maximum absolute atomic E-state index is 11.5. The number of rotatable bonds is 4. The Morgan fingerprint density at radius 1 is 1.44 bits per heavy atom. The van der Waals surface area contributed by atoms with E-state index in [1.54, 1.807) is 0 Å². The van der Waals surface area contributed by atoms with Crippen molar-refractivity contribution in [3.05, 3.63) is 0 Å². The quantitative estimate of drug-likeness (QED) is 0.751. The largest absolute Gasteiger partial charge is 0.480 e. The predicted molar refractivity (Wildman–Crippen MR) is 70.4 cm³/mol. The van der Waals surface area contributed by atoms with Gasteiger partial charge in [-0.3, -0.25) is 9.69 Å². The topological polar surface area (TPSA) is 69.8 Å². The Kier molecular flexibility index (Phi) is 3.94. The molecule has 5 nitrogen and oxygen atoms in total. The third-order valence-electron chi connectivity index (χ3n) is 4.35.